The Balaban J connectivity index is 2.71. The number of primary amides is 1. The maximum atomic E-state index is 11.7. The summed E-state index contributed by atoms with van der Waals surface area (Å²) in [6.07, 6.45) is 0. The van der Waals surface area contributed by atoms with Gasteiger partial charge in [0.15, 0.2) is 6.61 Å². The van der Waals surface area contributed by atoms with Crippen LogP contribution in [0.1, 0.15) is 16.7 Å². The van der Waals surface area contributed by atoms with Gasteiger partial charge < -0.3 is 14.9 Å². The number of hydrogen-bond acceptors (Lipinski definition) is 4. The van der Waals surface area contributed by atoms with Gasteiger partial charge in [0.25, 0.3) is 5.91 Å². The Labute approximate surface area is 110 Å². The first-order valence-corrected chi connectivity index (χ1v) is 5.86. The van der Waals surface area contributed by atoms with Crippen LogP contribution in [-0.2, 0) is 4.79 Å². The van der Waals surface area contributed by atoms with E-state index in [0.717, 1.165) is 11.1 Å². The predicted octanol–water partition coefficient (Wildman–Crippen LogP) is 1.58. The SMILES string of the molecule is Cc1cc(OCC(N)=O)c2c(C)c(C)c(=O)oc2c1. The molecule has 2 N–H and O–H groups in total. The first kappa shape index (κ1) is 13.1. The molecule has 0 radical (unpaired) electrons. The van der Waals surface area contributed by atoms with Crippen LogP contribution < -0.4 is 16.1 Å². The van der Waals surface area contributed by atoms with Gasteiger partial charge in [-0.15, -0.1) is 0 Å². The topological polar surface area (TPSA) is 82.5 Å². The van der Waals surface area contributed by atoms with Gasteiger partial charge in [0.05, 0.1) is 5.39 Å². The smallest absolute Gasteiger partial charge is 0.339 e. The van der Waals surface area contributed by atoms with Gasteiger partial charge in [-0.2, -0.15) is 0 Å². The number of benzene rings is 1. The molecule has 1 amide bonds. The van der Waals surface area contributed by atoms with E-state index in [9.17, 15) is 9.59 Å². The van der Waals surface area contributed by atoms with Crippen LogP contribution in [0.4, 0.5) is 0 Å². The number of aryl methyl sites for hydroxylation is 2. The predicted molar refractivity (Wildman–Crippen MR) is 71.4 cm³/mol. The highest BCUT2D eigenvalue weighted by atomic mass is 16.5. The molecule has 2 rings (SSSR count). The third-order valence-corrected chi connectivity index (χ3v) is 3.03. The number of rotatable bonds is 3. The van der Waals surface area contributed by atoms with E-state index in [1.807, 2.05) is 13.8 Å². The van der Waals surface area contributed by atoms with Crippen molar-refractivity contribution in [2.45, 2.75) is 20.8 Å². The lowest BCUT2D eigenvalue weighted by atomic mass is 10.0. The molecule has 0 spiro atoms. The van der Waals surface area contributed by atoms with Crippen LogP contribution in [0.2, 0.25) is 0 Å². The van der Waals surface area contributed by atoms with Gasteiger partial charge in [0, 0.05) is 5.56 Å². The van der Waals surface area contributed by atoms with Gasteiger partial charge in [-0.05, 0) is 44.0 Å². The minimum atomic E-state index is -0.554. The summed E-state index contributed by atoms with van der Waals surface area (Å²) >= 11 is 0. The van der Waals surface area contributed by atoms with Crippen molar-refractivity contribution >= 4 is 16.9 Å². The van der Waals surface area contributed by atoms with Crippen molar-refractivity contribution in [1.82, 2.24) is 0 Å². The Kier molecular flexibility index (Phi) is 3.29. The molecule has 0 fully saturated rings. The first-order chi connectivity index (χ1) is 8.90. The van der Waals surface area contributed by atoms with Crippen LogP contribution in [-0.4, -0.2) is 12.5 Å². The molecular weight excluding hydrogens is 246 g/mol. The fraction of sp³-hybridized carbons (Fsp3) is 0.286. The number of carbonyl (C=O) groups excluding carboxylic acids is 1. The molecule has 19 heavy (non-hydrogen) atoms. The summed E-state index contributed by atoms with van der Waals surface area (Å²) in [6.45, 7) is 5.15. The second kappa shape index (κ2) is 4.76. The highest BCUT2D eigenvalue weighted by Gasteiger charge is 2.13. The quantitative estimate of drug-likeness (QED) is 0.850. The molecule has 0 aliphatic rings. The Hall–Kier alpha value is -2.30. The fourth-order valence-electron chi connectivity index (χ4n) is 1.95. The zero-order valence-corrected chi connectivity index (χ0v) is 11.1. The minimum Gasteiger partial charge on any atom is -0.483 e. The minimum absolute atomic E-state index is 0.212. The van der Waals surface area contributed by atoms with E-state index in [1.165, 1.54) is 0 Å². The zero-order valence-electron chi connectivity index (χ0n) is 11.1. The standard InChI is InChI=1S/C14H15NO4/c1-7-4-10(18-6-12(15)16)13-8(2)9(3)14(17)19-11(13)5-7/h4-5H,6H2,1-3H3,(H2,15,16). The van der Waals surface area contributed by atoms with Crippen molar-refractivity contribution in [3.63, 3.8) is 0 Å². The Morgan fingerprint density at radius 1 is 1.26 bits per heavy atom. The number of carbonyl (C=O) groups is 1. The van der Waals surface area contributed by atoms with E-state index in [2.05, 4.69) is 0 Å². The van der Waals surface area contributed by atoms with E-state index in [-0.39, 0.29) is 12.2 Å². The van der Waals surface area contributed by atoms with E-state index in [4.69, 9.17) is 14.9 Å². The fourth-order valence-corrected chi connectivity index (χ4v) is 1.95. The molecular formula is C14H15NO4. The second-order valence-electron chi connectivity index (χ2n) is 4.53. The molecule has 1 heterocycles. The molecule has 2 aromatic rings. The van der Waals surface area contributed by atoms with Gasteiger partial charge in [0.1, 0.15) is 11.3 Å². The van der Waals surface area contributed by atoms with Gasteiger partial charge in [-0.3, -0.25) is 4.79 Å². The van der Waals surface area contributed by atoms with Gasteiger partial charge in [-0.25, -0.2) is 4.79 Å². The molecule has 1 aromatic carbocycles. The van der Waals surface area contributed by atoms with Crippen LogP contribution in [0, 0.1) is 20.8 Å². The zero-order chi connectivity index (χ0) is 14.2. The largest absolute Gasteiger partial charge is 0.483 e. The summed E-state index contributed by atoms with van der Waals surface area (Å²) in [5.74, 6) is -0.0560. The van der Waals surface area contributed by atoms with Crippen LogP contribution in [0.25, 0.3) is 11.0 Å². The molecule has 100 valence electrons. The molecule has 5 heteroatoms. The number of amides is 1. The van der Waals surface area contributed by atoms with Crippen molar-refractivity contribution in [3.05, 3.63) is 39.2 Å². The molecule has 0 aliphatic heterocycles. The van der Waals surface area contributed by atoms with Crippen molar-refractivity contribution in [1.29, 1.82) is 0 Å². The molecule has 0 unspecified atom stereocenters. The highest BCUT2D eigenvalue weighted by molar-refractivity contribution is 5.88. The van der Waals surface area contributed by atoms with Gasteiger partial charge >= 0.3 is 5.63 Å². The monoisotopic (exact) mass is 261 g/mol. The number of fused-ring (bicyclic) bond motifs is 1. The lowest BCUT2D eigenvalue weighted by Gasteiger charge is -2.11. The molecule has 0 bridgehead atoms. The molecule has 5 nitrogen and oxygen atoms in total. The molecule has 0 saturated heterocycles. The van der Waals surface area contributed by atoms with E-state index >= 15 is 0 Å². The third kappa shape index (κ3) is 2.45. The summed E-state index contributed by atoms with van der Waals surface area (Å²) < 4.78 is 10.7. The molecule has 0 atom stereocenters. The Bertz CT molecular complexity index is 715. The third-order valence-electron chi connectivity index (χ3n) is 3.03. The van der Waals surface area contributed by atoms with Crippen LogP contribution in [0.15, 0.2) is 21.3 Å². The van der Waals surface area contributed by atoms with Gasteiger partial charge in [0.2, 0.25) is 0 Å². The van der Waals surface area contributed by atoms with Crippen LogP contribution in [0.3, 0.4) is 0 Å². The summed E-state index contributed by atoms with van der Waals surface area (Å²) in [4.78, 5) is 22.5. The maximum Gasteiger partial charge on any atom is 0.339 e. The molecule has 0 aliphatic carbocycles. The maximum absolute atomic E-state index is 11.7. The van der Waals surface area contributed by atoms with E-state index < -0.39 is 5.91 Å². The summed E-state index contributed by atoms with van der Waals surface area (Å²) in [5, 5.41) is 0.698. The lowest BCUT2D eigenvalue weighted by molar-refractivity contribution is -0.119. The summed E-state index contributed by atoms with van der Waals surface area (Å²) in [7, 11) is 0. The van der Waals surface area contributed by atoms with Crippen LogP contribution >= 0.6 is 0 Å². The van der Waals surface area contributed by atoms with Crippen molar-refractivity contribution in [2.24, 2.45) is 5.73 Å². The average Bonchev–Trinajstić information content (AvgIpc) is 2.32. The van der Waals surface area contributed by atoms with Crippen molar-refractivity contribution in [2.75, 3.05) is 6.61 Å². The summed E-state index contributed by atoms with van der Waals surface area (Å²) in [6, 6.07) is 3.55. The van der Waals surface area contributed by atoms with Crippen molar-refractivity contribution in [3.8, 4) is 5.75 Å². The molecule has 0 saturated carbocycles. The highest BCUT2D eigenvalue weighted by Crippen LogP contribution is 2.30. The van der Waals surface area contributed by atoms with Crippen molar-refractivity contribution < 1.29 is 13.9 Å². The van der Waals surface area contributed by atoms with Gasteiger partial charge in [-0.1, -0.05) is 0 Å². The summed E-state index contributed by atoms with van der Waals surface area (Å²) in [5.41, 5.74) is 7.35. The number of ether oxygens (including phenoxy) is 1. The first-order valence-electron chi connectivity index (χ1n) is 5.86. The molecule has 1 aromatic heterocycles. The average molecular weight is 261 g/mol. The number of nitrogens with two attached hydrogens (primary N) is 1. The van der Waals surface area contributed by atoms with E-state index in [1.54, 1.807) is 19.1 Å². The number of hydrogen-bond donors (Lipinski definition) is 1. The lowest BCUT2D eigenvalue weighted by Crippen LogP contribution is -2.20. The Morgan fingerprint density at radius 2 is 1.95 bits per heavy atom. The second-order valence-corrected chi connectivity index (χ2v) is 4.53. The van der Waals surface area contributed by atoms with E-state index in [0.29, 0.717) is 22.3 Å². The Morgan fingerprint density at radius 3 is 2.58 bits per heavy atom. The normalized spacial score (nSPS) is 10.7. The van der Waals surface area contributed by atoms with Crippen LogP contribution in [0.5, 0.6) is 5.75 Å².